The lowest BCUT2D eigenvalue weighted by molar-refractivity contribution is 0.529. The van der Waals surface area contributed by atoms with Crippen LogP contribution in [0.5, 0.6) is 0 Å². The SMILES string of the molecule is CCCC1CCN(c2ncc(CNC3CC3)cc2Cl)C1. The highest BCUT2D eigenvalue weighted by Gasteiger charge is 2.24. The molecule has 20 heavy (non-hydrogen) atoms. The molecule has 1 aliphatic carbocycles. The summed E-state index contributed by atoms with van der Waals surface area (Å²) in [5.41, 5.74) is 1.19. The molecule has 4 heteroatoms. The van der Waals surface area contributed by atoms with Crippen molar-refractivity contribution in [3.05, 3.63) is 22.8 Å². The minimum atomic E-state index is 0.724. The molecule has 0 bridgehead atoms. The molecule has 110 valence electrons. The molecule has 1 saturated heterocycles. The third kappa shape index (κ3) is 3.44. The van der Waals surface area contributed by atoms with Gasteiger partial charge in [0, 0.05) is 31.9 Å². The molecule has 1 aliphatic heterocycles. The van der Waals surface area contributed by atoms with Crippen LogP contribution < -0.4 is 10.2 Å². The third-order valence-electron chi connectivity index (χ3n) is 4.33. The predicted octanol–water partition coefficient (Wildman–Crippen LogP) is 3.61. The van der Waals surface area contributed by atoms with Crippen molar-refractivity contribution in [1.82, 2.24) is 10.3 Å². The van der Waals surface area contributed by atoms with Gasteiger partial charge in [-0.05, 0) is 43.2 Å². The van der Waals surface area contributed by atoms with Gasteiger partial charge in [0.1, 0.15) is 5.82 Å². The second-order valence-corrected chi connectivity index (χ2v) is 6.60. The van der Waals surface area contributed by atoms with E-state index in [0.717, 1.165) is 42.4 Å². The molecule has 1 N–H and O–H groups in total. The fourth-order valence-corrected chi connectivity index (χ4v) is 3.33. The van der Waals surface area contributed by atoms with Crippen LogP contribution in [-0.4, -0.2) is 24.1 Å². The number of rotatable bonds is 6. The molecular weight excluding hydrogens is 270 g/mol. The molecule has 2 aliphatic rings. The van der Waals surface area contributed by atoms with Crippen LogP contribution in [0.2, 0.25) is 5.02 Å². The van der Waals surface area contributed by atoms with Crippen molar-refractivity contribution in [2.24, 2.45) is 5.92 Å². The number of halogens is 1. The molecule has 2 heterocycles. The first-order chi connectivity index (χ1) is 9.76. The number of hydrogen-bond donors (Lipinski definition) is 1. The Labute approximate surface area is 126 Å². The number of hydrogen-bond acceptors (Lipinski definition) is 3. The van der Waals surface area contributed by atoms with Crippen LogP contribution in [0.25, 0.3) is 0 Å². The van der Waals surface area contributed by atoms with Crippen LogP contribution in [0, 0.1) is 5.92 Å². The van der Waals surface area contributed by atoms with E-state index in [2.05, 4.69) is 28.2 Å². The Bertz CT molecular complexity index is 459. The summed E-state index contributed by atoms with van der Waals surface area (Å²) in [7, 11) is 0. The van der Waals surface area contributed by atoms with E-state index in [9.17, 15) is 0 Å². The zero-order chi connectivity index (χ0) is 13.9. The molecule has 1 aromatic rings. The van der Waals surface area contributed by atoms with Crippen LogP contribution in [0.3, 0.4) is 0 Å². The van der Waals surface area contributed by atoms with Gasteiger partial charge >= 0.3 is 0 Å². The Balaban J connectivity index is 1.61. The normalized spacial score (nSPS) is 22.5. The van der Waals surface area contributed by atoms with Crippen LogP contribution >= 0.6 is 11.6 Å². The smallest absolute Gasteiger partial charge is 0.147 e. The summed E-state index contributed by atoms with van der Waals surface area (Å²) in [5, 5.41) is 4.30. The highest BCUT2D eigenvalue weighted by atomic mass is 35.5. The minimum Gasteiger partial charge on any atom is -0.355 e. The van der Waals surface area contributed by atoms with E-state index in [-0.39, 0.29) is 0 Å². The molecular formula is C16H24ClN3. The van der Waals surface area contributed by atoms with Gasteiger partial charge in [0.15, 0.2) is 0 Å². The number of nitrogens with zero attached hydrogens (tertiary/aromatic N) is 2. The summed E-state index contributed by atoms with van der Waals surface area (Å²) in [6.45, 7) is 5.35. The fraction of sp³-hybridized carbons (Fsp3) is 0.688. The second kappa shape index (κ2) is 6.31. The van der Waals surface area contributed by atoms with Crippen molar-refractivity contribution < 1.29 is 0 Å². The van der Waals surface area contributed by atoms with Gasteiger partial charge < -0.3 is 10.2 Å². The molecule has 1 unspecified atom stereocenters. The van der Waals surface area contributed by atoms with E-state index in [1.54, 1.807) is 0 Å². The number of nitrogens with one attached hydrogen (secondary N) is 1. The quantitative estimate of drug-likeness (QED) is 0.868. The standard InChI is InChI=1S/C16H24ClN3/c1-2-3-12-6-7-20(11-12)16-15(17)8-13(10-19-16)9-18-14-4-5-14/h8,10,12,14,18H,2-7,9,11H2,1H3. The summed E-state index contributed by atoms with van der Waals surface area (Å²) >= 11 is 6.43. The topological polar surface area (TPSA) is 28.2 Å². The number of aromatic nitrogens is 1. The van der Waals surface area contributed by atoms with Crippen LogP contribution in [0.15, 0.2) is 12.3 Å². The Hall–Kier alpha value is -0.800. The average Bonchev–Trinajstić information content (AvgIpc) is 3.16. The van der Waals surface area contributed by atoms with Gasteiger partial charge in [-0.2, -0.15) is 0 Å². The van der Waals surface area contributed by atoms with Crippen LogP contribution in [0.4, 0.5) is 5.82 Å². The van der Waals surface area contributed by atoms with Crippen molar-refractivity contribution in [2.45, 2.75) is 51.6 Å². The molecule has 1 saturated carbocycles. The van der Waals surface area contributed by atoms with Gasteiger partial charge in [0.05, 0.1) is 5.02 Å². The zero-order valence-electron chi connectivity index (χ0n) is 12.2. The first kappa shape index (κ1) is 14.2. The molecule has 0 amide bonds. The van der Waals surface area contributed by atoms with Crippen molar-refractivity contribution in [2.75, 3.05) is 18.0 Å². The summed E-state index contributed by atoms with van der Waals surface area (Å²) in [5.74, 6) is 1.79. The molecule has 1 atom stereocenters. The van der Waals surface area contributed by atoms with Crippen molar-refractivity contribution in [1.29, 1.82) is 0 Å². The van der Waals surface area contributed by atoms with Gasteiger partial charge in [-0.1, -0.05) is 24.9 Å². The van der Waals surface area contributed by atoms with E-state index >= 15 is 0 Å². The first-order valence-electron chi connectivity index (χ1n) is 7.89. The van der Waals surface area contributed by atoms with Gasteiger partial charge in [-0.15, -0.1) is 0 Å². The maximum absolute atomic E-state index is 6.43. The highest BCUT2D eigenvalue weighted by molar-refractivity contribution is 6.33. The molecule has 0 spiro atoms. The summed E-state index contributed by atoms with van der Waals surface area (Å²) in [4.78, 5) is 6.96. The monoisotopic (exact) mass is 293 g/mol. The predicted molar refractivity (Wildman–Crippen MR) is 84.3 cm³/mol. The average molecular weight is 294 g/mol. The molecule has 1 aromatic heterocycles. The van der Waals surface area contributed by atoms with Gasteiger partial charge in [-0.3, -0.25) is 0 Å². The zero-order valence-corrected chi connectivity index (χ0v) is 13.0. The Morgan fingerprint density at radius 3 is 2.95 bits per heavy atom. The van der Waals surface area contributed by atoms with E-state index in [4.69, 9.17) is 11.6 Å². The van der Waals surface area contributed by atoms with Gasteiger partial charge in [-0.25, -0.2) is 4.98 Å². The first-order valence-corrected chi connectivity index (χ1v) is 8.26. The van der Waals surface area contributed by atoms with Crippen molar-refractivity contribution >= 4 is 17.4 Å². The highest BCUT2D eigenvalue weighted by Crippen LogP contribution is 2.30. The largest absolute Gasteiger partial charge is 0.355 e. The molecule has 3 nitrogen and oxygen atoms in total. The molecule has 0 aromatic carbocycles. The van der Waals surface area contributed by atoms with Crippen LogP contribution in [-0.2, 0) is 6.54 Å². The van der Waals surface area contributed by atoms with Crippen LogP contribution in [0.1, 0.15) is 44.6 Å². The van der Waals surface area contributed by atoms with E-state index < -0.39 is 0 Å². The third-order valence-corrected chi connectivity index (χ3v) is 4.61. The van der Waals surface area contributed by atoms with Crippen molar-refractivity contribution in [3.8, 4) is 0 Å². The maximum Gasteiger partial charge on any atom is 0.147 e. The van der Waals surface area contributed by atoms with Gasteiger partial charge in [0.25, 0.3) is 0 Å². The van der Waals surface area contributed by atoms with E-state index in [1.807, 2.05) is 6.20 Å². The minimum absolute atomic E-state index is 0.724. The van der Waals surface area contributed by atoms with E-state index in [0.29, 0.717) is 0 Å². The lowest BCUT2D eigenvalue weighted by Gasteiger charge is -2.19. The Morgan fingerprint density at radius 2 is 2.25 bits per heavy atom. The lowest BCUT2D eigenvalue weighted by Crippen LogP contribution is -2.21. The Kier molecular flexibility index (Phi) is 4.47. The summed E-state index contributed by atoms with van der Waals surface area (Å²) < 4.78 is 0. The molecule has 0 radical (unpaired) electrons. The molecule has 2 fully saturated rings. The molecule has 3 rings (SSSR count). The second-order valence-electron chi connectivity index (χ2n) is 6.19. The van der Waals surface area contributed by atoms with E-state index in [1.165, 1.54) is 37.7 Å². The lowest BCUT2D eigenvalue weighted by atomic mass is 10.0. The summed E-state index contributed by atoms with van der Waals surface area (Å²) in [6.07, 6.45) is 8.46. The van der Waals surface area contributed by atoms with Crippen molar-refractivity contribution in [3.63, 3.8) is 0 Å². The number of pyridine rings is 1. The Morgan fingerprint density at radius 1 is 1.40 bits per heavy atom. The number of anilines is 1. The fourth-order valence-electron chi connectivity index (χ4n) is 3.02. The maximum atomic E-state index is 6.43. The van der Waals surface area contributed by atoms with Gasteiger partial charge in [0.2, 0.25) is 0 Å². The summed E-state index contributed by atoms with van der Waals surface area (Å²) in [6, 6.07) is 2.80.